The predicted octanol–water partition coefficient (Wildman–Crippen LogP) is 1.55. The van der Waals surface area contributed by atoms with Gasteiger partial charge in [-0.1, -0.05) is 60.7 Å². The molecule has 0 bridgehead atoms. The van der Waals surface area contributed by atoms with Crippen LogP contribution in [0.25, 0.3) is 0 Å². The number of nitrogens with one attached hydrogen (secondary N) is 3. The van der Waals surface area contributed by atoms with Gasteiger partial charge in [-0.15, -0.1) is 0 Å². The van der Waals surface area contributed by atoms with Gasteiger partial charge >= 0.3 is 12.1 Å². The molecule has 0 aliphatic rings. The Hall–Kier alpha value is -3.92. The van der Waals surface area contributed by atoms with Crippen LogP contribution in [0.1, 0.15) is 30.0 Å². The SMILES string of the molecule is [O]CC(=O)N[C@@H](C(=O)N[C@@H](CCCNC(=O)OCc1ccccc1)C(=O)O)c1ccccc1. The Bertz CT molecular complexity index is 922. The maximum Gasteiger partial charge on any atom is 0.407 e. The van der Waals surface area contributed by atoms with Crippen LogP contribution in [-0.2, 0) is 30.8 Å². The van der Waals surface area contributed by atoms with E-state index in [2.05, 4.69) is 16.0 Å². The fraction of sp³-hybridized carbons (Fsp3) is 0.304. The van der Waals surface area contributed by atoms with Crippen molar-refractivity contribution in [1.29, 1.82) is 0 Å². The van der Waals surface area contributed by atoms with E-state index in [1.54, 1.807) is 30.3 Å². The number of carboxylic acids is 1. The summed E-state index contributed by atoms with van der Waals surface area (Å²) in [5.74, 6) is -2.91. The average Bonchev–Trinajstić information content (AvgIpc) is 2.83. The third-order valence-electron chi connectivity index (χ3n) is 4.60. The van der Waals surface area contributed by atoms with Gasteiger partial charge in [-0.2, -0.15) is 0 Å². The molecule has 2 aromatic rings. The third kappa shape index (κ3) is 8.99. The highest BCUT2D eigenvalue weighted by Crippen LogP contribution is 2.14. The van der Waals surface area contributed by atoms with E-state index >= 15 is 0 Å². The van der Waals surface area contributed by atoms with Gasteiger partial charge in [0.1, 0.15) is 18.7 Å². The van der Waals surface area contributed by atoms with Crippen LogP contribution in [0.2, 0.25) is 0 Å². The molecule has 10 nitrogen and oxygen atoms in total. The maximum absolute atomic E-state index is 12.7. The summed E-state index contributed by atoms with van der Waals surface area (Å²) in [6.07, 6.45) is -0.364. The predicted molar refractivity (Wildman–Crippen MR) is 116 cm³/mol. The molecule has 4 N–H and O–H groups in total. The summed E-state index contributed by atoms with van der Waals surface area (Å²) in [5.41, 5.74) is 1.24. The van der Waals surface area contributed by atoms with Gasteiger partial charge < -0.3 is 25.8 Å². The summed E-state index contributed by atoms with van der Waals surface area (Å²) >= 11 is 0. The lowest BCUT2D eigenvalue weighted by molar-refractivity contribution is -0.142. The van der Waals surface area contributed by atoms with Crippen LogP contribution in [-0.4, -0.2) is 48.2 Å². The summed E-state index contributed by atoms with van der Waals surface area (Å²) in [5, 5.41) is 27.5. The van der Waals surface area contributed by atoms with E-state index < -0.39 is 42.6 Å². The van der Waals surface area contributed by atoms with Crippen molar-refractivity contribution in [2.45, 2.75) is 31.5 Å². The maximum atomic E-state index is 12.7. The van der Waals surface area contributed by atoms with E-state index in [4.69, 9.17) is 4.74 Å². The Morgan fingerprint density at radius 3 is 2.15 bits per heavy atom. The van der Waals surface area contributed by atoms with E-state index in [9.17, 15) is 29.4 Å². The molecule has 0 aliphatic carbocycles. The molecule has 1 radical (unpaired) electrons. The summed E-state index contributed by atoms with van der Waals surface area (Å²) < 4.78 is 5.07. The van der Waals surface area contributed by atoms with Gasteiger partial charge in [0, 0.05) is 6.54 Å². The van der Waals surface area contributed by atoms with Crippen molar-refractivity contribution in [2.24, 2.45) is 0 Å². The number of carbonyl (C=O) groups is 4. The number of hydrogen-bond donors (Lipinski definition) is 4. The second-order valence-corrected chi connectivity index (χ2v) is 7.09. The number of ether oxygens (including phenoxy) is 1. The zero-order chi connectivity index (χ0) is 24.1. The Balaban J connectivity index is 1.84. The van der Waals surface area contributed by atoms with E-state index in [-0.39, 0.29) is 26.0 Å². The molecule has 2 aromatic carbocycles. The minimum Gasteiger partial charge on any atom is -0.480 e. The lowest BCUT2D eigenvalue weighted by Gasteiger charge is -2.21. The van der Waals surface area contributed by atoms with E-state index in [1.165, 1.54) is 0 Å². The summed E-state index contributed by atoms with van der Waals surface area (Å²) in [4.78, 5) is 47.6. The summed E-state index contributed by atoms with van der Waals surface area (Å²) in [7, 11) is 0. The third-order valence-corrected chi connectivity index (χ3v) is 4.60. The molecule has 175 valence electrons. The van der Waals surface area contributed by atoms with Crippen molar-refractivity contribution in [2.75, 3.05) is 13.2 Å². The molecule has 0 unspecified atom stereocenters. The number of hydrogen-bond acceptors (Lipinski definition) is 5. The largest absolute Gasteiger partial charge is 0.480 e. The Morgan fingerprint density at radius 2 is 1.55 bits per heavy atom. The summed E-state index contributed by atoms with van der Waals surface area (Å²) in [6, 6.07) is 14.8. The minimum atomic E-state index is -1.27. The monoisotopic (exact) mass is 456 g/mol. The Kier molecular flexibility index (Phi) is 10.4. The van der Waals surface area contributed by atoms with Crippen molar-refractivity contribution in [1.82, 2.24) is 16.0 Å². The molecule has 2 rings (SSSR count). The lowest BCUT2D eigenvalue weighted by atomic mass is 10.0. The summed E-state index contributed by atoms with van der Waals surface area (Å²) in [6.45, 7) is -0.816. The fourth-order valence-electron chi connectivity index (χ4n) is 2.93. The van der Waals surface area contributed by atoms with Crippen molar-refractivity contribution in [3.05, 3.63) is 71.8 Å². The van der Waals surface area contributed by atoms with E-state index in [0.29, 0.717) is 5.56 Å². The topological polar surface area (TPSA) is 154 Å². The molecule has 0 saturated heterocycles. The van der Waals surface area contributed by atoms with Crippen molar-refractivity contribution in [3.8, 4) is 0 Å². The minimum absolute atomic E-state index is 0.0249. The molecule has 3 amide bonds. The second-order valence-electron chi connectivity index (χ2n) is 7.09. The van der Waals surface area contributed by atoms with Crippen LogP contribution in [0.15, 0.2) is 60.7 Å². The second kappa shape index (κ2) is 13.5. The number of benzene rings is 2. The highest BCUT2D eigenvalue weighted by atomic mass is 16.5. The molecular weight excluding hydrogens is 430 g/mol. The molecule has 0 heterocycles. The van der Waals surface area contributed by atoms with E-state index in [0.717, 1.165) is 5.56 Å². The standard InChI is InChI=1S/C23H26N3O7/c27-14-19(28)26-20(17-10-5-2-6-11-17)21(29)25-18(22(30)31)12-7-13-24-23(32)33-15-16-8-3-1-4-9-16/h1-6,8-11,18,20H,7,12-15H2,(H,24,32)(H,25,29)(H,26,28)(H,30,31)/t18-,20+/m0/s1. The Morgan fingerprint density at radius 1 is 0.909 bits per heavy atom. The normalized spacial score (nSPS) is 12.2. The Labute approximate surface area is 191 Å². The number of alkyl carbamates (subject to hydrolysis) is 1. The van der Waals surface area contributed by atoms with Crippen LogP contribution in [0, 0.1) is 0 Å². The first kappa shape index (κ1) is 25.3. The number of amides is 3. The zero-order valence-electron chi connectivity index (χ0n) is 17.9. The van der Waals surface area contributed by atoms with Gasteiger partial charge in [0.25, 0.3) is 0 Å². The fourth-order valence-corrected chi connectivity index (χ4v) is 2.93. The van der Waals surface area contributed by atoms with Gasteiger partial charge in [0.15, 0.2) is 6.61 Å². The van der Waals surface area contributed by atoms with Crippen molar-refractivity contribution < 1.29 is 34.1 Å². The molecular formula is C23H26N3O7. The van der Waals surface area contributed by atoms with Gasteiger partial charge in [-0.25, -0.2) is 14.7 Å². The van der Waals surface area contributed by atoms with Gasteiger partial charge in [-0.3, -0.25) is 9.59 Å². The van der Waals surface area contributed by atoms with Crippen LogP contribution in [0.3, 0.4) is 0 Å². The molecule has 33 heavy (non-hydrogen) atoms. The molecule has 0 fully saturated rings. The average molecular weight is 456 g/mol. The van der Waals surface area contributed by atoms with Gasteiger partial charge in [-0.05, 0) is 24.0 Å². The van der Waals surface area contributed by atoms with Crippen LogP contribution >= 0.6 is 0 Å². The van der Waals surface area contributed by atoms with Crippen molar-refractivity contribution >= 4 is 23.9 Å². The van der Waals surface area contributed by atoms with Gasteiger partial charge in [0.2, 0.25) is 11.8 Å². The number of carbonyl (C=O) groups excluding carboxylic acids is 3. The molecule has 10 heteroatoms. The molecule has 0 spiro atoms. The highest BCUT2D eigenvalue weighted by molar-refractivity contribution is 5.91. The zero-order valence-corrected chi connectivity index (χ0v) is 17.9. The number of rotatable bonds is 12. The number of aliphatic carboxylic acids is 1. The first-order valence-electron chi connectivity index (χ1n) is 10.3. The highest BCUT2D eigenvalue weighted by Gasteiger charge is 2.27. The quantitative estimate of drug-likeness (QED) is 0.355. The van der Waals surface area contributed by atoms with Crippen LogP contribution in [0.5, 0.6) is 0 Å². The number of carboxylic acid groups (broad SMARTS) is 1. The first-order chi connectivity index (χ1) is 15.9. The molecule has 2 atom stereocenters. The molecule has 0 aromatic heterocycles. The lowest BCUT2D eigenvalue weighted by Crippen LogP contribution is -2.47. The molecule has 0 saturated carbocycles. The molecule has 0 aliphatic heterocycles. The van der Waals surface area contributed by atoms with Crippen molar-refractivity contribution in [3.63, 3.8) is 0 Å². The van der Waals surface area contributed by atoms with Gasteiger partial charge in [0.05, 0.1) is 0 Å². The van der Waals surface area contributed by atoms with Crippen LogP contribution < -0.4 is 16.0 Å². The first-order valence-corrected chi connectivity index (χ1v) is 10.3. The van der Waals surface area contributed by atoms with E-state index in [1.807, 2.05) is 30.3 Å². The smallest absolute Gasteiger partial charge is 0.407 e. The van der Waals surface area contributed by atoms with Crippen LogP contribution in [0.4, 0.5) is 4.79 Å².